The van der Waals surface area contributed by atoms with Gasteiger partial charge in [0.05, 0.1) is 0 Å². The van der Waals surface area contributed by atoms with Crippen LogP contribution in [0.3, 0.4) is 0 Å². The maximum absolute atomic E-state index is 11.8. The molecule has 3 heteroatoms. The monoisotopic (exact) mass is 217 g/mol. The fourth-order valence-corrected chi connectivity index (χ4v) is 1.97. The molecule has 1 heterocycles. The Kier molecular flexibility index (Phi) is 3.34. The molecule has 0 spiro atoms. The lowest BCUT2D eigenvalue weighted by molar-refractivity contribution is -0.119. The van der Waals surface area contributed by atoms with Crippen LogP contribution in [-0.2, 0) is 4.79 Å². The molecule has 0 saturated carbocycles. The minimum atomic E-state index is 0.108. The molecule has 1 saturated heterocycles. The number of hydrogen-bond acceptors (Lipinski definition) is 2. The molecule has 1 atom stereocenters. The Labute approximate surface area is 94.9 Å². The highest BCUT2D eigenvalue weighted by Crippen LogP contribution is 2.14. The first-order valence-corrected chi connectivity index (χ1v) is 5.63. The third-order valence-electron chi connectivity index (χ3n) is 2.90. The summed E-state index contributed by atoms with van der Waals surface area (Å²) in [5, 5.41) is 2.87. The number of nitrogens with one attached hydrogen (secondary N) is 1. The average molecular weight is 217 g/mol. The van der Waals surface area contributed by atoms with Crippen LogP contribution in [0, 0.1) is 0 Å². The van der Waals surface area contributed by atoms with Crippen molar-refractivity contribution in [3.05, 3.63) is 35.9 Å². The summed E-state index contributed by atoms with van der Waals surface area (Å²) in [6.45, 7) is 0. The van der Waals surface area contributed by atoms with Crippen LogP contribution in [0.25, 0.3) is 0 Å². The van der Waals surface area contributed by atoms with Crippen LogP contribution in [0.2, 0.25) is 0 Å². The number of ketones is 1. The molecule has 1 aromatic rings. The number of amides is 1. The molecule has 84 valence electrons. The Morgan fingerprint density at radius 1 is 1.31 bits per heavy atom. The molecule has 1 aromatic carbocycles. The van der Waals surface area contributed by atoms with Crippen molar-refractivity contribution in [2.24, 2.45) is 0 Å². The van der Waals surface area contributed by atoms with Crippen molar-refractivity contribution in [3.8, 4) is 0 Å². The van der Waals surface area contributed by atoms with Gasteiger partial charge in [-0.25, -0.2) is 0 Å². The second-order valence-electron chi connectivity index (χ2n) is 4.13. The number of carbonyl (C=O) groups excluding carboxylic acids is 2. The summed E-state index contributed by atoms with van der Waals surface area (Å²) in [6, 6.07) is 9.48. The normalized spacial score (nSPS) is 19.5. The quantitative estimate of drug-likeness (QED) is 0.783. The summed E-state index contributed by atoms with van der Waals surface area (Å²) in [7, 11) is 0. The third-order valence-corrected chi connectivity index (χ3v) is 2.90. The second kappa shape index (κ2) is 4.92. The summed E-state index contributed by atoms with van der Waals surface area (Å²) in [5.74, 6) is 0.263. The van der Waals surface area contributed by atoms with E-state index in [9.17, 15) is 9.59 Å². The van der Waals surface area contributed by atoms with Crippen LogP contribution < -0.4 is 5.32 Å². The smallest absolute Gasteiger partial charge is 0.220 e. The fourth-order valence-electron chi connectivity index (χ4n) is 1.97. The molecule has 1 amide bonds. The lowest BCUT2D eigenvalue weighted by Crippen LogP contribution is -2.25. The number of carbonyl (C=O) groups is 2. The largest absolute Gasteiger partial charge is 0.353 e. The Balaban J connectivity index is 1.82. The van der Waals surface area contributed by atoms with Crippen LogP contribution in [0.1, 0.15) is 36.0 Å². The molecule has 1 N–H and O–H groups in total. The molecule has 2 rings (SSSR count). The van der Waals surface area contributed by atoms with Gasteiger partial charge in [0.1, 0.15) is 0 Å². The maximum Gasteiger partial charge on any atom is 0.220 e. The Morgan fingerprint density at radius 2 is 2.06 bits per heavy atom. The van der Waals surface area contributed by atoms with E-state index in [0.717, 1.165) is 18.4 Å². The molecule has 1 aliphatic rings. The van der Waals surface area contributed by atoms with E-state index in [-0.39, 0.29) is 17.7 Å². The van der Waals surface area contributed by atoms with E-state index in [1.165, 1.54) is 0 Å². The standard InChI is InChI=1S/C13H15NO2/c15-12(10-4-2-1-3-5-10)8-6-11-7-9-13(16)14-11/h1-5,11H,6-9H2,(H,14,16). The summed E-state index contributed by atoms with van der Waals surface area (Å²) in [5.41, 5.74) is 0.756. The number of benzene rings is 1. The molecule has 0 radical (unpaired) electrons. The van der Waals surface area contributed by atoms with Crippen molar-refractivity contribution < 1.29 is 9.59 Å². The van der Waals surface area contributed by atoms with Crippen LogP contribution in [0.4, 0.5) is 0 Å². The van der Waals surface area contributed by atoms with Crippen molar-refractivity contribution >= 4 is 11.7 Å². The molecule has 0 aliphatic carbocycles. The lowest BCUT2D eigenvalue weighted by Gasteiger charge is -2.08. The van der Waals surface area contributed by atoms with Crippen molar-refractivity contribution in [1.82, 2.24) is 5.32 Å². The predicted molar refractivity (Wildman–Crippen MR) is 61.2 cm³/mol. The van der Waals surface area contributed by atoms with Gasteiger partial charge in [-0.05, 0) is 12.8 Å². The second-order valence-corrected chi connectivity index (χ2v) is 4.13. The van der Waals surface area contributed by atoms with Gasteiger partial charge in [0.25, 0.3) is 0 Å². The van der Waals surface area contributed by atoms with Gasteiger partial charge >= 0.3 is 0 Å². The summed E-state index contributed by atoms with van der Waals surface area (Å²) < 4.78 is 0. The lowest BCUT2D eigenvalue weighted by atomic mass is 10.0. The fraction of sp³-hybridized carbons (Fsp3) is 0.385. The van der Waals surface area contributed by atoms with Crippen LogP contribution in [0.15, 0.2) is 30.3 Å². The van der Waals surface area contributed by atoms with Gasteiger partial charge in [-0.1, -0.05) is 30.3 Å². The first-order chi connectivity index (χ1) is 7.75. The zero-order chi connectivity index (χ0) is 11.4. The highest BCUT2D eigenvalue weighted by Gasteiger charge is 2.21. The molecule has 3 nitrogen and oxygen atoms in total. The van der Waals surface area contributed by atoms with Gasteiger partial charge in [-0.15, -0.1) is 0 Å². The molecular weight excluding hydrogens is 202 g/mol. The molecule has 0 bridgehead atoms. The third kappa shape index (κ3) is 2.69. The van der Waals surface area contributed by atoms with Crippen molar-refractivity contribution in [2.45, 2.75) is 31.7 Å². The first-order valence-electron chi connectivity index (χ1n) is 5.63. The molecular formula is C13H15NO2. The van der Waals surface area contributed by atoms with E-state index in [4.69, 9.17) is 0 Å². The van der Waals surface area contributed by atoms with E-state index >= 15 is 0 Å². The van der Waals surface area contributed by atoms with Crippen molar-refractivity contribution in [3.63, 3.8) is 0 Å². The van der Waals surface area contributed by atoms with E-state index in [2.05, 4.69) is 5.32 Å². The van der Waals surface area contributed by atoms with E-state index in [0.29, 0.717) is 12.8 Å². The minimum absolute atomic E-state index is 0.108. The Bertz CT molecular complexity index is 386. The highest BCUT2D eigenvalue weighted by molar-refractivity contribution is 5.96. The van der Waals surface area contributed by atoms with E-state index in [1.807, 2.05) is 30.3 Å². The topological polar surface area (TPSA) is 46.2 Å². The molecule has 0 aromatic heterocycles. The van der Waals surface area contributed by atoms with Gasteiger partial charge in [0.2, 0.25) is 5.91 Å². The summed E-state index contributed by atoms with van der Waals surface area (Å²) >= 11 is 0. The SMILES string of the molecule is O=C1CCC(CCC(=O)c2ccccc2)N1. The molecule has 1 aliphatic heterocycles. The van der Waals surface area contributed by atoms with Gasteiger partial charge in [0, 0.05) is 24.4 Å². The van der Waals surface area contributed by atoms with Crippen LogP contribution >= 0.6 is 0 Å². The van der Waals surface area contributed by atoms with Crippen molar-refractivity contribution in [2.75, 3.05) is 0 Å². The maximum atomic E-state index is 11.8. The zero-order valence-corrected chi connectivity index (χ0v) is 9.11. The number of rotatable bonds is 4. The van der Waals surface area contributed by atoms with E-state index < -0.39 is 0 Å². The first kappa shape index (κ1) is 10.9. The Morgan fingerprint density at radius 3 is 2.69 bits per heavy atom. The van der Waals surface area contributed by atoms with Gasteiger partial charge in [0.15, 0.2) is 5.78 Å². The number of hydrogen-bond donors (Lipinski definition) is 1. The number of Topliss-reactive ketones (excluding diaryl/α,β-unsaturated/α-hetero) is 1. The van der Waals surface area contributed by atoms with Gasteiger partial charge in [-0.3, -0.25) is 9.59 Å². The predicted octanol–water partition coefficient (Wildman–Crippen LogP) is 1.93. The molecule has 1 unspecified atom stereocenters. The van der Waals surface area contributed by atoms with Crippen LogP contribution in [-0.4, -0.2) is 17.7 Å². The summed E-state index contributed by atoms with van der Waals surface area (Å²) in [6.07, 6.45) is 2.72. The minimum Gasteiger partial charge on any atom is -0.353 e. The Hall–Kier alpha value is -1.64. The van der Waals surface area contributed by atoms with Crippen molar-refractivity contribution in [1.29, 1.82) is 0 Å². The van der Waals surface area contributed by atoms with Crippen LogP contribution in [0.5, 0.6) is 0 Å². The average Bonchev–Trinajstić information content (AvgIpc) is 2.73. The molecule has 16 heavy (non-hydrogen) atoms. The summed E-state index contributed by atoms with van der Waals surface area (Å²) in [4.78, 5) is 22.7. The van der Waals surface area contributed by atoms with Gasteiger partial charge in [-0.2, -0.15) is 0 Å². The van der Waals surface area contributed by atoms with E-state index in [1.54, 1.807) is 0 Å². The highest BCUT2D eigenvalue weighted by atomic mass is 16.2. The van der Waals surface area contributed by atoms with Gasteiger partial charge < -0.3 is 5.32 Å². The molecule has 1 fully saturated rings. The zero-order valence-electron chi connectivity index (χ0n) is 9.11.